The number of hydrogen-bond acceptors (Lipinski definition) is 7. The van der Waals surface area contributed by atoms with Crippen LogP contribution in [-0.4, -0.2) is 86.7 Å². The lowest BCUT2D eigenvalue weighted by molar-refractivity contribution is -0.150. The Balaban J connectivity index is 1.11. The number of benzene rings is 3. The van der Waals surface area contributed by atoms with Crippen LogP contribution in [0.3, 0.4) is 0 Å². The van der Waals surface area contributed by atoms with Crippen molar-refractivity contribution in [1.29, 1.82) is 0 Å². The summed E-state index contributed by atoms with van der Waals surface area (Å²) in [4.78, 5) is 50.7. The van der Waals surface area contributed by atoms with E-state index < -0.39 is 37.1 Å². The molecule has 0 unspecified atom stereocenters. The van der Waals surface area contributed by atoms with Crippen molar-refractivity contribution >= 4 is 59.1 Å². The Morgan fingerprint density at radius 3 is 2.48 bits per heavy atom. The molecule has 8 rings (SSSR count). The molecule has 5 aliphatic rings. The van der Waals surface area contributed by atoms with Gasteiger partial charge in [0.1, 0.15) is 5.54 Å². The molecule has 10 nitrogen and oxygen atoms in total. The number of ether oxygens (including phenoxy) is 1. The lowest BCUT2D eigenvalue weighted by Gasteiger charge is -2.39. The standard InChI is InChI=1S/C41H49BrFN5O5Si/c1-27-37(54(2,3)43)35(23-36(50)45-20-8-13-32(45)25-49)53-41(27)33-22-29(42)14-15-34(33)46(39(41)52)24-28-9-7-12-31(21-28)47-26-48(30-10-5-4-6-11-30)40(38(47)51)16-18-44-19-17-40/h4-7,9-12,14-15,21-22,27,32,35,37,44,49H,8,13,16-20,23-26H2,1-3H3/t27-,32-,35+,37-,41+/m0/s1. The molecule has 3 aromatic rings. The summed E-state index contributed by atoms with van der Waals surface area (Å²) >= 11 is 3.62. The van der Waals surface area contributed by atoms with Gasteiger partial charge in [0.15, 0.2) is 5.60 Å². The van der Waals surface area contributed by atoms with E-state index in [0.29, 0.717) is 37.3 Å². The number of rotatable bonds is 8. The zero-order valence-corrected chi connectivity index (χ0v) is 33.7. The molecule has 3 aromatic carbocycles. The summed E-state index contributed by atoms with van der Waals surface area (Å²) in [6.07, 6.45) is 2.10. The van der Waals surface area contributed by atoms with Crippen LogP contribution in [0.15, 0.2) is 77.3 Å². The molecule has 3 amide bonds. The van der Waals surface area contributed by atoms with Gasteiger partial charge in [0.05, 0.1) is 44.1 Å². The Hall–Kier alpha value is -3.62. The molecule has 2 N–H and O–H groups in total. The van der Waals surface area contributed by atoms with E-state index in [1.54, 1.807) is 22.9 Å². The zero-order chi connectivity index (χ0) is 38.0. The first kappa shape index (κ1) is 37.3. The molecular weight excluding hydrogens is 769 g/mol. The number of hydrogen-bond donors (Lipinski definition) is 2. The van der Waals surface area contributed by atoms with Crippen molar-refractivity contribution in [2.45, 2.75) is 87.5 Å². The molecule has 5 atom stereocenters. The van der Waals surface area contributed by atoms with Crippen LogP contribution in [0.4, 0.5) is 21.2 Å². The van der Waals surface area contributed by atoms with Crippen molar-refractivity contribution in [2.24, 2.45) is 5.92 Å². The molecule has 2 spiro atoms. The Labute approximate surface area is 325 Å². The molecule has 0 bridgehead atoms. The normalized spacial score (nSPS) is 27.9. The summed E-state index contributed by atoms with van der Waals surface area (Å²) < 4.78 is 24.1. The molecule has 5 heterocycles. The molecule has 5 aliphatic heterocycles. The maximum atomic E-state index is 16.4. The van der Waals surface area contributed by atoms with Gasteiger partial charge in [-0.2, -0.15) is 0 Å². The molecule has 286 valence electrons. The van der Waals surface area contributed by atoms with Gasteiger partial charge in [-0.15, -0.1) is 0 Å². The quantitative estimate of drug-likeness (QED) is 0.210. The van der Waals surface area contributed by atoms with Crippen LogP contribution >= 0.6 is 15.9 Å². The van der Waals surface area contributed by atoms with Gasteiger partial charge in [-0.1, -0.05) is 53.2 Å². The number of aliphatic hydroxyl groups excluding tert-OH is 1. The molecular formula is C41H49BrFN5O5Si. The number of amides is 3. The average Bonchev–Trinajstić information content (AvgIpc) is 3.88. The molecule has 0 aromatic heterocycles. The average molecular weight is 819 g/mol. The molecule has 4 fully saturated rings. The van der Waals surface area contributed by atoms with Gasteiger partial charge < -0.3 is 34.0 Å². The maximum absolute atomic E-state index is 16.4. The van der Waals surface area contributed by atoms with Gasteiger partial charge in [-0.05, 0) is 99.9 Å². The monoisotopic (exact) mass is 817 g/mol. The third-order valence-corrected chi connectivity index (χ3v) is 15.7. The Morgan fingerprint density at radius 2 is 1.76 bits per heavy atom. The predicted octanol–water partition coefficient (Wildman–Crippen LogP) is 6.08. The highest BCUT2D eigenvalue weighted by Crippen LogP contribution is 2.60. The van der Waals surface area contributed by atoms with Crippen LogP contribution in [0.1, 0.15) is 50.2 Å². The molecule has 54 heavy (non-hydrogen) atoms. The van der Waals surface area contributed by atoms with Gasteiger partial charge in [0.25, 0.3) is 11.8 Å². The predicted molar refractivity (Wildman–Crippen MR) is 212 cm³/mol. The lowest BCUT2D eigenvalue weighted by atomic mass is 9.82. The minimum Gasteiger partial charge on any atom is -0.394 e. The van der Waals surface area contributed by atoms with E-state index in [1.807, 2.05) is 72.5 Å². The van der Waals surface area contributed by atoms with E-state index in [-0.39, 0.29) is 43.3 Å². The first-order chi connectivity index (χ1) is 25.9. The highest BCUT2D eigenvalue weighted by atomic mass is 79.9. The van der Waals surface area contributed by atoms with Crippen LogP contribution < -0.4 is 20.0 Å². The van der Waals surface area contributed by atoms with Crippen LogP contribution in [0.2, 0.25) is 18.6 Å². The lowest BCUT2D eigenvalue weighted by Crippen LogP contribution is -2.55. The Bertz CT molecular complexity index is 1940. The van der Waals surface area contributed by atoms with E-state index in [1.165, 1.54) is 0 Å². The van der Waals surface area contributed by atoms with Crippen molar-refractivity contribution in [2.75, 3.05) is 47.6 Å². The van der Waals surface area contributed by atoms with Gasteiger partial charge in [0.2, 0.25) is 14.3 Å². The summed E-state index contributed by atoms with van der Waals surface area (Å²) in [7, 11) is -3.49. The first-order valence-electron chi connectivity index (χ1n) is 19.2. The van der Waals surface area contributed by atoms with E-state index in [0.717, 1.165) is 47.3 Å². The summed E-state index contributed by atoms with van der Waals surface area (Å²) in [6, 6.07) is 23.4. The number of carbonyl (C=O) groups is 3. The number of anilines is 3. The minimum absolute atomic E-state index is 0.0479. The summed E-state index contributed by atoms with van der Waals surface area (Å²) in [5.74, 6) is -0.916. The fourth-order valence-corrected chi connectivity index (χ4v) is 13.0. The van der Waals surface area contributed by atoms with Gasteiger partial charge >= 0.3 is 0 Å². The van der Waals surface area contributed by atoms with Crippen molar-refractivity contribution in [3.05, 3.63) is 88.4 Å². The number of likely N-dealkylation sites (tertiary alicyclic amines) is 1. The number of piperidine rings is 1. The molecule has 0 aliphatic carbocycles. The zero-order valence-electron chi connectivity index (χ0n) is 31.1. The van der Waals surface area contributed by atoms with E-state index in [9.17, 15) is 14.7 Å². The molecule has 0 saturated carbocycles. The SMILES string of the molecule is C[C@H]1[C@H]([Si](C)(C)F)[C@@H](CC(=O)N2CCC[C@H]2CO)O[C@]12C(=O)N(Cc1cccc(N3CN(c4ccccc4)C4(CCNCC4)C3=O)c1)c1ccc(Br)cc12. The van der Waals surface area contributed by atoms with Crippen molar-refractivity contribution in [3.8, 4) is 0 Å². The summed E-state index contributed by atoms with van der Waals surface area (Å²) in [5.41, 5.74) is 1.24. The van der Waals surface area contributed by atoms with Gasteiger partial charge in [-0.25, -0.2) is 0 Å². The number of nitrogens with one attached hydrogen (secondary N) is 1. The maximum Gasteiger partial charge on any atom is 0.264 e. The number of aliphatic hydroxyl groups is 1. The molecule has 13 heteroatoms. The van der Waals surface area contributed by atoms with Crippen molar-refractivity contribution in [1.82, 2.24) is 10.2 Å². The molecule has 0 radical (unpaired) electrons. The highest BCUT2D eigenvalue weighted by Gasteiger charge is 2.67. The second-order valence-corrected chi connectivity index (χ2v) is 20.9. The number of para-hydroxylation sites is 1. The number of fused-ring (bicyclic) bond motifs is 2. The smallest absolute Gasteiger partial charge is 0.264 e. The Kier molecular flexibility index (Phi) is 9.77. The third kappa shape index (κ3) is 6.01. The number of nitrogens with zero attached hydrogens (tertiary/aromatic N) is 4. The fourth-order valence-electron chi connectivity index (χ4n) is 10.2. The first-order valence-corrected chi connectivity index (χ1v) is 23.0. The molecule has 4 saturated heterocycles. The van der Waals surface area contributed by atoms with Crippen LogP contribution in [0.25, 0.3) is 0 Å². The van der Waals surface area contributed by atoms with E-state index in [2.05, 4.69) is 38.3 Å². The fraction of sp³-hybridized carbons (Fsp3) is 0.488. The number of halogens is 2. The van der Waals surface area contributed by atoms with Crippen LogP contribution in [0, 0.1) is 5.92 Å². The van der Waals surface area contributed by atoms with Crippen molar-refractivity contribution in [3.63, 3.8) is 0 Å². The van der Waals surface area contributed by atoms with E-state index >= 15 is 8.90 Å². The second-order valence-electron chi connectivity index (χ2n) is 16.2. The number of carbonyl (C=O) groups excluding carboxylic acids is 3. The van der Waals surface area contributed by atoms with Crippen LogP contribution in [0.5, 0.6) is 0 Å². The van der Waals surface area contributed by atoms with Gasteiger partial charge in [-0.3, -0.25) is 19.3 Å². The second kappa shape index (κ2) is 14.1. The van der Waals surface area contributed by atoms with Crippen molar-refractivity contribution < 1.29 is 28.3 Å². The summed E-state index contributed by atoms with van der Waals surface area (Å²) in [6.45, 7) is 7.76. The third-order valence-electron chi connectivity index (χ3n) is 12.7. The Morgan fingerprint density at radius 1 is 1.02 bits per heavy atom. The summed E-state index contributed by atoms with van der Waals surface area (Å²) in [5, 5.41) is 13.3. The van der Waals surface area contributed by atoms with Crippen LogP contribution in [-0.2, 0) is 31.3 Å². The highest BCUT2D eigenvalue weighted by molar-refractivity contribution is 9.10. The largest absolute Gasteiger partial charge is 0.394 e. The minimum atomic E-state index is -3.49. The topological polar surface area (TPSA) is 106 Å². The van der Waals surface area contributed by atoms with Gasteiger partial charge in [0, 0.05) is 39.4 Å². The van der Waals surface area contributed by atoms with E-state index in [4.69, 9.17) is 4.74 Å².